The number of rotatable bonds is 3. The summed E-state index contributed by atoms with van der Waals surface area (Å²) in [6, 6.07) is 8.06. The Kier molecular flexibility index (Phi) is 3.23. The molecule has 1 aromatic rings. The van der Waals surface area contributed by atoms with Crippen LogP contribution in [-0.4, -0.2) is 20.9 Å². The lowest BCUT2D eigenvalue weighted by Crippen LogP contribution is -2.35. The highest BCUT2D eigenvalue weighted by Crippen LogP contribution is 2.25. The first-order valence-corrected chi connectivity index (χ1v) is 4.63. The lowest BCUT2D eigenvalue weighted by molar-refractivity contribution is -0.136. The Morgan fingerprint density at radius 3 is 2.07 bits per heavy atom. The molecule has 3 nitrogen and oxygen atoms in total. The predicted molar refractivity (Wildman–Crippen MR) is 59.1 cm³/mol. The highest BCUT2D eigenvalue weighted by molar-refractivity contribution is 8.03. The molecule has 0 aliphatic carbocycles. The van der Waals surface area contributed by atoms with E-state index in [1.165, 1.54) is 12.1 Å². The molecule has 1 N–H and O–H groups in total. The van der Waals surface area contributed by atoms with Gasteiger partial charge in [-0.25, -0.2) is 4.79 Å². The van der Waals surface area contributed by atoms with Gasteiger partial charge in [-0.15, -0.1) is 25.3 Å². The Labute approximate surface area is 92.0 Å². The van der Waals surface area contributed by atoms with Crippen molar-refractivity contribution in [1.29, 1.82) is 0 Å². The van der Waals surface area contributed by atoms with Gasteiger partial charge in [0.2, 0.25) is 4.08 Å². The molecule has 0 saturated carbocycles. The summed E-state index contributed by atoms with van der Waals surface area (Å²) in [7, 11) is 0. The zero-order valence-electron chi connectivity index (χ0n) is 7.04. The summed E-state index contributed by atoms with van der Waals surface area (Å²) in [6.45, 7) is 0. The average Bonchev–Trinajstić information content (AvgIpc) is 2.17. The number of carbonyl (C=O) groups excluding carboxylic acids is 1. The molecule has 74 valence electrons. The molecule has 0 amide bonds. The summed E-state index contributed by atoms with van der Waals surface area (Å²) in [6.07, 6.45) is 0. The minimum absolute atomic E-state index is 0.278. The number of Topliss-reactive ketones (excluding diaryl/α,β-unsaturated/α-hetero) is 1. The summed E-state index contributed by atoms with van der Waals surface area (Å²) in [5.41, 5.74) is 0.278. The number of carboxylic acids is 1. The van der Waals surface area contributed by atoms with Crippen LogP contribution in [0.1, 0.15) is 10.4 Å². The second kappa shape index (κ2) is 4.06. The fraction of sp³-hybridized carbons (Fsp3) is 0.111. The number of benzene rings is 1. The van der Waals surface area contributed by atoms with Crippen molar-refractivity contribution in [3.05, 3.63) is 35.9 Å². The van der Waals surface area contributed by atoms with Gasteiger partial charge in [0.15, 0.2) is 5.78 Å². The Morgan fingerprint density at radius 1 is 1.14 bits per heavy atom. The van der Waals surface area contributed by atoms with E-state index in [-0.39, 0.29) is 5.56 Å². The van der Waals surface area contributed by atoms with Crippen molar-refractivity contribution in [3.63, 3.8) is 0 Å². The Balaban J connectivity index is 3.03. The summed E-state index contributed by atoms with van der Waals surface area (Å²) in [5, 5.41) is 8.70. The van der Waals surface area contributed by atoms with Gasteiger partial charge in [0, 0.05) is 5.56 Å². The van der Waals surface area contributed by atoms with Crippen molar-refractivity contribution in [3.8, 4) is 0 Å². The third-order valence-corrected chi connectivity index (χ3v) is 2.44. The zero-order valence-corrected chi connectivity index (χ0v) is 8.83. The maximum Gasteiger partial charge on any atom is 0.337 e. The Morgan fingerprint density at radius 2 is 1.64 bits per heavy atom. The molecule has 0 aliphatic heterocycles. The van der Waals surface area contributed by atoms with Gasteiger partial charge in [-0.2, -0.15) is 0 Å². The molecule has 0 aromatic heterocycles. The van der Waals surface area contributed by atoms with Gasteiger partial charge in [-0.05, 0) is 0 Å². The topological polar surface area (TPSA) is 54.4 Å². The van der Waals surface area contributed by atoms with Crippen molar-refractivity contribution in [2.24, 2.45) is 0 Å². The standard InChI is InChI=1S/C9H8O3S2/c10-7(9(13,14)8(11)12)6-4-2-1-3-5-6/h1-5,13-14H,(H,11,12). The highest BCUT2D eigenvalue weighted by atomic mass is 32.2. The van der Waals surface area contributed by atoms with Crippen LogP contribution in [0.4, 0.5) is 0 Å². The molecule has 0 heterocycles. The first-order valence-electron chi connectivity index (χ1n) is 3.74. The second-order valence-electron chi connectivity index (χ2n) is 2.67. The maximum absolute atomic E-state index is 11.6. The first-order chi connectivity index (χ1) is 6.46. The molecule has 0 fully saturated rings. The van der Waals surface area contributed by atoms with E-state index in [1.54, 1.807) is 18.2 Å². The van der Waals surface area contributed by atoms with Gasteiger partial charge in [-0.1, -0.05) is 30.3 Å². The fourth-order valence-electron chi connectivity index (χ4n) is 0.888. The van der Waals surface area contributed by atoms with Crippen LogP contribution in [0.25, 0.3) is 0 Å². The minimum Gasteiger partial charge on any atom is -0.479 e. The van der Waals surface area contributed by atoms with Crippen LogP contribution in [-0.2, 0) is 4.79 Å². The molecule has 0 spiro atoms. The number of aliphatic carboxylic acids is 1. The van der Waals surface area contributed by atoms with E-state index < -0.39 is 15.8 Å². The van der Waals surface area contributed by atoms with E-state index in [0.29, 0.717) is 0 Å². The van der Waals surface area contributed by atoms with Crippen molar-refractivity contribution in [1.82, 2.24) is 0 Å². The molecule has 14 heavy (non-hydrogen) atoms. The molecule has 0 unspecified atom stereocenters. The number of thiol groups is 2. The van der Waals surface area contributed by atoms with Gasteiger partial charge in [0.1, 0.15) is 0 Å². The lowest BCUT2D eigenvalue weighted by Gasteiger charge is -2.15. The smallest absolute Gasteiger partial charge is 0.337 e. The fourth-order valence-corrected chi connectivity index (χ4v) is 1.15. The van der Waals surface area contributed by atoms with E-state index in [4.69, 9.17) is 5.11 Å². The molecule has 0 aliphatic rings. The van der Waals surface area contributed by atoms with Crippen LogP contribution in [0.2, 0.25) is 0 Å². The van der Waals surface area contributed by atoms with Gasteiger partial charge >= 0.3 is 5.97 Å². The largest absolute Gasteiger partial charge is 0.479 e. The molecule has 1 aromatic carbocycles. The van der Waals surface area contributed by atoms with Crippen molar-refractivity contribution >= 4 is 37.0 Å². The number of hydrogen-bond donors (Lipinski definition) is 3. The van der Waals surface area contributed by atoms with Crippen LogP contribution < -0.4 is 0 Å². The van der Waals surface area contributed by atoms with Crippen LogP contribution in [0, 0.1) is 0 Å². The molecule has 5 heteroatoms. The number of hydrogen-bond acceptors (Lipinski definition) is 4. The molecule has 0 bridgehead atoms. The van der Waals surface area contributed by atoms with Crippen LogP contribution >= 0.6 is 25.3 Å². The van der Waals surface area contributed by atoms with E-state index in [0.717, 1.165) is 0 Å². The third-order valence-electron chi connectivity index (χ3n) is 1.65. The SMILES string of the molecule is O=C(O)C(S)(S)C(=O)c1ccccc1. The summed E-state index contributed by atoms with van der Waals surface area (Å²) >= 11 is 7.41. The lowest BCUT2D eigenvalue weighted by atomic mass is 10.1. The monoisotopic (exact) mass is 228 g/mol. The van der Waals surface area contributed by atoms with Gasteiger partial charge < -0.3 is 5.11 Å². The Bertz CT molecular complexity index is 360. The molecule has 0 radical (unpaired) electrons. The van der Waals surface area contributed by atoms with Gasteiger partial charge in [0.25, 0.3) is 0 Å². The Hall–Kier alpha value is -0.940. The first kappa shape index (κ1) is 11.1. The van der Waals surface area contributed by atoms with E-state index in [9.17, 15) is 9.59 Å². The maximum atomic E-state index is 11.6. The molecule has 1 rings (SSSR count). The van der Waals surface area contributed by atoms with E-state index in [2.05, 4.69) is 25.3 Å². The summed E-state index contributed by atoms with van der Waals surface area (Å²) in [4.78, 5) is 22.2. The number of carboxylic acid groups (broad SMARTS) is 1. The third kappa shape index (κ3) is 2.10. The summed E-state index contributed by atoms with van der Waals surface area (Å²) in [5.74, 6) is -2.02. The normalized spacial score (nSPS) is 11.0. The number of ketones is 1. The van der Waals surface area contributed by atoms with Gasteiger partial charge in [0.05, 0.1) is 0 Å². The van der Waals surface area contributed by atoms with Crippen LogP contribution in [0.3, 0.4) is 0 Å². The molecule has 0 atom stereocenters. The van der Waals surface area contributed by atoms with Crippen molar-refractivity contribution in [2.75, 3.05) is 0 Å². The highest BCUT2D eigenvalue weighted by Gasteiger charge is 2.39. The summed E-state index contributed by atoms with van der Waals surface area (Å²) < 4.78 is -1.97. The minimum atomic E-state index is -1.97. The van der Waals surface area contributed by atoms with Crippen molar-refractivity contribution in [2.45, 2.75) is 4.08 Å². The van der Waals surface area contributed by atoms with Crippen LogP contribution in [0.5, 0.6) is 0 Å². The molecule has 0 saturated heterocycles. The molecular formula is C9H8O3S2. The predicted octanol–water partition coefficient (Wildman–Crippen LogP) is 1.51. The average molecular weight is 228 g/mol. The number of carbonyl (C=O) groups is 2. The van der Waals surface area contributed by atoms with Crippen LogP contribution in [0.15, 0.2) is 30.3 Å². The van der Waals surface area contributed by atoms with E-state index in [1.807, 2.05) is 0 Å². The quantitative estimate of drug-likeness (QED) is 0.318. The molecular weight excluding hydrogens is 220 g/mol. The van der Waals surface area contributed by atoms with Crippen molar-refractivity contribution < 1.29 is 14.7 Å². The van der Waals surface area contributed by atoms with Gasteiger partial charge in [-0.3, -0.25) is 4.79 Å². The second-order valence-corrected chi connectivity index (χ2v) is 4.37. The van der Waals surface area contributed by atoms with E-state index >= 15 is 0 Å². The zero-order chi connectivity index (χ0) is 10.8.